The predicted molar refractivity (Wildman–Crippen MR) is 58.8 cm³/mol. The van der Waals surface area contributed by atoms with Gasteiger partial charge in [0.25, 0.3) is 0 Å². The lowest BCUT2D eigenvalue weighted by atomic mass is 10.2. The fourth-order valence-electron chi connectivity index (χ4n) is 1.54. The standard InChI is InChI=1S/C12H19N/c1-11(2)6-7-12(3)10-13-8-4-5-9-13/h6-7H,1,3-5,8-10H2,2H3/b7-6-. The molecule has 1 saturated heterocycles. The minimum atomic E-state index is 1.02. The third kappa shape index (κ3) is 4.09. The van der Waals surface area contributed by atoms with E-state index in [0.717, 1.165) is 12.1 Å². The summed E-state index contributed by atoms with van der Waals surface area (Å²) in [5.74, 6) is 0. The van der Waals surface area contributed by atoms with Crippen LogP contribution in [0.2, 0.25) is 0 Å². The Morgan fingerprint density at radius 2 is 1.85 bits per heavy atom. The molecule has 1 aliphatic heterocycles. The Kier molecular flexibility index (Phi) is 3.97. The van der Waals surface area contributed by atoms with Gasteiger partial charge in [-0.1, -0.05) is 30.9 Å². The SMILES string of the molecule is C=C(C)/C=C\C(=C)CN1CCCC1. The molecule has 0 aromatic heterocycles. The zero-order chi connectivity index (χ0) is 9.68. The summed E-state index contributed by atoms with van der Waals surface area (Å²) in [6.07, 6.45) is 6.79. The second-order valence-corrected chi connectivity index (χ2v) is 3.82. The monoisotopic (exact) mass is 177 g/mol. The van der Waals surface area contributed by atoms with Crippen LogP contribution in [-0.2, 0) is 0 Å². The summed E-state index contributed by atoms with van der Waals surface area (Å²) >= 11 is 0. The molecule has 1 rings (SSSR count). The molecule has 1 fully saturated rings. The third-order valence-corrected chi connectivity index (χ3v) is 2.23. The molecule has 0 aromatic rings. The maximum atomic E-state index is 4.02. The highest BCUT2D eigenvalue weighted by molar-refractivity contribution is 5.23. The average Bonchev–Trinajstić information content (AvgIpc) is 2.53. The van der Waals surface area contributed by atoms with Crippen molar-refractivity contribution in [3.05, 3.63) is 36.5 Å². The van der Waals surface area contributed by atoms with Gasteiger partial charge in [0, 0.05) is 6.54 Å². The molecule has 1 nitrogen and oxygen atoms in total. The van der Waals surface area contributed by atoms with Crippen molar-refractivity contribution in [1.82, 2.24) is 4.90 Å². The topological polar surface area (TPSA) is 3.24 Å². The van der Waals surface area contributed by atoms with Gasteiger partial charge in [-0.15, -0.1) is 0 Å². The molecule has 0 radical (unpaired) electrons. The average molecular weight is 177 g/mol. The van der Waals surface area contributed by atoms with Crippen molar-refractivity contribution < 1.29 is 0 Å². The molecule has 0 amide bonds. The van der Waals surface area contributed by atoms with Gasteiger partial charge in [0.05, 0.1) is 0 Å². The van der Waals surface area contributed by atoms with Gasteiger partial charge in [0.1, 0.15) is 0 Å². The van der Waals surface area contributed by atoms with Gasteiger partial charge < -0.3 is 0 Å². The van der Waals surface area contributed by atoms with Crippen LogP contribution in [-0.4, -0.2) is 24.5 Å². The predicted octanol–water partition coefficient (Wildman–Crippen LogP) is 2.77. The van der Waals surface area contributed by atoms with Crippen LogP contribution in [0.5, 0.6) is 0 Å². The Morgan fingerprint density at radius 3 is 2.38 bits per heavy atom. The zero-order valence-corrected chi connectivity index (χ0v) is 8.55. The Bertz CT molecular complexity index is 219. The van der Waals surface area contributed by atoms with Crippen molar-refractivity contribution >= 4 is 0 Å². The van der Waals surface area contributed by atoms with E-state index in [-0.39, 0.29) is 0 Å². The Balaban J connectivity index is 2.28. The van der Waals surface area contributed by atoms with Gasteiger partial charge in [-0.25, -0.2) is 0 Å². The molecule has 1 heteroatoms. The Hall–Kier alpha value is -0.820. The Labute approximate surface area is 81.4 Å². The van der Waals surface area contributed by atoms with Crippen molar-refractivity contribution in [2.24, 2.45) is 0 Å². The number of rotatable bonds is 4. The minimum Gasteiger partial charge on any atom is -0.299 e. The number of hydrogen-bond donors (Lipinski definition) is 0. The molecule has 0 N–H and O–H groups in total. The second kappa shape index (κ2) is 5.03. The molecule has 1 aliphatic rings. The van der Waals surface area contributed by atoms with E-state index in [2.05, 4.69) is 24.1 Å². The van der Waals surface area contributed by atoms with Crippen molar-refractivity contribution in [3.8, 4) is 0 Å². The first-order valence-corrected chi connectivity index (χ1v) is 4.92. The van der Waals surface area contributed by atoms with Gasteiger partial charge in [0.15, 0.2) is 0 Å². The lowest BCUT2D eigenvalue weighted by Crippen LogP contribution is -2.20. The molecule has 0 saturated carbocycles. The van der Waals surface area contributed by atoms with E-state index < -0.39 is 0 Å². The highest BCUT2D eigenvalue weighted by Gasteiger charge is 2.10. The van der Waals surface area contributed by atoms with Crippen LogP contribution in [0, 0.1) is 0 Å². The summed E-state index contributed by atoms with van der Waals surface area (Å²) in [6.45, 7) is 13.3. The number of allylic oxidation sites excluding steroid dienone is 2. The maximum absolute atomic E-state index is 4.02. The summed E-state index contributed by atoms with van der Waals surface area (Å²) in [6, 6.07) is 0. The zero-order valence-electron chi connectivity index (χ0n) is 8.55. The molecule has 0 bridgehead atoms. The highest BCUT2D eigenvalue weighted by atomic mass is 15.1. The molecule has 0 unspecified atom stereocenters. The van der Waals surface area contributed by atoms with Crippen molar-refractivity contribution in [3.63, 3.8) is 0 Å². The van der Waals surface area contributed by atoms with Crippen molar-refractivity contribution in [1.29, 1.82) is 0 Å². The van der Waals surface area contributed by atoms with E-state index >= 15 is 0 Å². The normalized spacial score (nSPS) is 18.2. The quantitative estimate of drug-likeness (QED) is 0.597. The van der Waals surface area contributed by atoms with Crippen LogP contribution >= 0.6 is 0 Å². The summed E-state index contributed by atoms with van der Waals surface area (Å²) in [7, 11) is 0. The molecular formula is C12H19N. The first-order valence-electron chi connectivity index (χ1n) is 4.92. The van der Waals surface area contributed by atoms with E-state index in [4.69, 9.17) is 0 Å². The molecular weight excluding hydrogens is 158 g/mol. The molecule has 72 valence electrons. The molecule has 0 atom stereocenters. The fraction of sp³-hybridized carbons (Fsp3) is 0.500. The summed E-state index contributed by atoms with van der Waals surface area (Å²) in [4.78, 5) is 2.45. The van der Waals surface area contributed by atoms with Crippen molar-refractivity contribution in [2.75, 3.05) is 19.6 Å². The van der Waals surface area contributed by atoms with E-state index in [0.29, 0.717) is 0 Å². The highest BCUT2D eigenvalue weighted by Crippen LogP contribution is 2.09. The molecule has 0 aliphatic carbocycles. The van der Waals surface area contributed by atoms with Gasteiger partial charge in [-0.05, 0) is 38.4 Å². The Morgan fingerprint density at radius 1 is 1.23 bits per heavy atom. The third-order valence-electron chi connectivity index (χ3n) is 2.23. The lowest BCUT2D eigenvalue weighted by molar-refractivity contribution is 0.372. The molecule has 0 spiro atoms. The first-order chi connectivity index (χ1) is 6.18. The summed E-state index contributed by atoms with van der Waals surface area (Å²) < 4.78 is 0. The van der Waals surface area contributed by atoms with Crippen LogP contribution in [0.15, 0.2) is 36.5 Å². The number of nitrogens with zero attached hydrogens (tertiary/aromatic N) is 1. The van der Waals surface area contributed by atoms with E-state index in [9.17, 15) is 0 Å². The van der Waals surface area contributed by atoms with Crippen LogP contribution in [0.1, 0.15) is 19.8 Å². The van der Waals surface area contributed by atoms with Crippen LogP contribution in [0.4, 0.5) is 0 Å². The van der Waals surface area contributed by atoms with Gasteiger partial charge in [-0.2, -0.15) is 0 Å². The van der Waals surface area contributed by atoms with E-state index in [1.54, 1.807) is 0 Å². The first kappa shape index (κ1) is 10.3. The smallest absolute Gasteiger partial charge is 0.0227 e. The van der Waals surface area contributed by atoms with Crippen LogP contribution in [0.3, 0.4) is 0 Å². The number of likely N-dealkylation sites (tertiary alicyclic amines) is 1. The van der Waals surface area contributed by atoms with Gasteiger partial charge in [0.2, 0.25) is 0 Å². The largest absolute Gasteiger partial charge is 0.299 e. The van der Waals surface area contributed by atoms with Crippen LogP contribution in [0.25, 0.3) is 0 Å². The van der Waals surface area contributed by atoms with Crippen molar-refractivity contribution in [2.45, 2.75) is 19.8 Å². The number of hydrogen-bond acceptors (Lipinski definition) is 1. The van der Waals surface area contributed by atoms with Crippen LogP contribution < -0.4 is 0 Å². The minimum absolute atomic E-state index is 1.02. The lowest BCUT2D eigenvalue weighted by Gasteiger charge is -2.13. The molecule has 0 aromatic carbocycles. The molecule has 1 heterocycles. The summed E-state index contributed by atoms with van der Waals surface area (Å²) in [5.41, 5.74) is 2.27. The van der Waals surface area contributed by atoms with Gasteiger partial charge in [-0.3, -0.25) is 4.90 Å². The van der Waals surface area contributed by atoms with E-state index in [1.165, 1.54) is 31.5 Å². The molecule has 13 heavy (non-hydrogen) atoms. The van der Waals surface area contributed by atoms with E-state index in [1.807, 2.05) is 13.0 Å². The maximum Gasteiger partial charge on any atom is 0.0227 e. The summed E-state index contributed by atoms with van der Waals surface area (Å²) in [5, 5.41) is 0. The second-order valence-electron chi connectivity index (χ2n) is 3.82. The fourth-order valence-corrected chi connectivity index (χ4v) is 1.54. The van der Waals surface area contributed by atoms with Gasteiger partial charge >= 0.3 is 0 Å².